The largest absolute Gasteiger partial charge is 0.481 e. The van der Waals surface area contributed by atoms with Crippen LogP contribution < -0.4 is 0 Å². The lowest BCUT2D eigenvalue weighted by atomic mass is 10.3. The van der Waals surface area contributed by atoms with Crippen LogP contribution in [0, 0.1) is 3.57 Å². The summed E-state index contributed by atoms with van der Waals surface area (Å²) in [4.78, 5) is 12.8. The Labute approximate surface area is 137 Å². The van der Waals surface area contributed by atoms with E-state index in [-0.39, 0.29) is 6.42 Å². The van der Waals surface area contributed by atoms with Crippen LogP contribution in [0.1, 0.15) is 6.42 Å². The van der Waals surface area contributed by atoms with E-state index < -0.39 is 16.0 Å². The molecule has 6 nitrogen and oxygen atoms in total. The number of carbonyl (C=O) groups is 1. The van der Waals surface area contributed by atoms with Gasteiger partial charge in [-0.05, 0) is 46.9 Å². The number of sulfonamides is 1. The smallest absolute Gasteiger partial charge is 0.304 e. The van der Waals surface area contributed by atoms with Crippen LogP contribution in [0.4, 0.5) is 0 Å². The maximum absolute atomic E-state index is 12.5. The van der Waals surface area contributed by atoms with Crippen molar-refractivity contribution in [3.63, 3.8) is 0 Å². The Hall–Kier alpha value is -0.710. The summed E-state index contributed by atoms with van der Waals surface area (Å²) < 4.78 is 27.4. The number of nitrogens with zero attached hydrogens (tertiary/aromatic N) is 2. The second-order valence-corrected chi connectivity index (χ2v) is 8.03. The van der Waals surface area contributed by atoms with E-state index in [1.165, 1.54) is 4.31 Å². The molecule has 21 heavy (non-hydrogen) atoms. The quantitative estimate of drug-likeness (QED) is 0.716. The molecular weight excluding hydrogens is 407 g/mol. The fourth-order valence-electron chi connectivity index (χ4n) is 2.20. The number of benzene rings is 1. The van der Waals surface area contributed by atoms with Crippen molar-refractivity contribution >= 4 is 38.6 Å². The lowest BCUT2D eigenvalue weighted by Gasteiger charge is -2.33. The molecule has 0 radical (unpaired) electrons. The molecule has 0 spiro atoms. The van der Waals surface area contributed by atoms with E-state index >= 15 is 0 Å². The third-order valence-corrected chi connectivity index (χ3v) is 6.06. The lowest BCUT2D eigenvalue weighted by Crippen LogP contribution is -2.48. The van der Waals surface area contributed by atoms with Gasteiger partial charge in [-0.2, -0.15) is 4.31 Å². The molecule has 8 heteroatoms. The lowest BCUT2D eigenvalue weighted by molar-refractivity contribution is -0.137. The normalized spacial score (nSPS) is 17.8. The molecule has 0 aromatic heterocycles. The number of carboxylic acids is 1. The molecule has 1 aliphatic rings. The molecule has 116 valence electrons. The zero-order valence-corrected chi connectivity index (χ0v) is 14.4. The molecule has 0 aliphatic carbocycles. The molecule has 1 fully saturated rings. The standard InChI is InChI=1S/C13H17IN2O4S/c14-11-1-3-12(4-2-11)21(19,20)16-9-7-15(8-10-16)6-5-13(17)18/h1-4H,5-10H2,(H,17,18). The molecular formula is C13H17IN2O4S. The topological polar surface area (TPSA) is 77.9 Å². The molecule has 1 saturated heterocycles. The van der Waals surface area contributed by atoms with Crippen LogP contribution in [0.5, 0.6) is 0 Å². The SMILES string of the molecule is O=C(O)CCN1CCN(S(=O)(=O)c2ccc(I)cc2)CC1. The number of hydrogen-bond acceptors (Lipinski definition) is 4. The third kappa shape index (κ3) is 4.38. The first-order chi connectivity index (χ1) is 9.89. The molecule has 0 bridgehead atoms. The zero-order chi connectivity index (χ0) is 15.5. The Morgan fingerprint density at radius 1 is 1.14 bits per heavy atom. The summed E-state index contributed by atoms with van der Waals surface area (Å²) in [5, 5.41) is 8.66. The minimum Gasteiger partial charge on any atom is -0.481 e. The fourth-order valence-corrected chi connectivity index (χ4v) is 3.98. The number of piperazine rings is 1. The molecule has 0 amide bonds. The number of rotatable bonds is 5. The number of halogens is 1. The molecule has 0 unspecified atom stereocenters. The average Bonchev–Trinajstić information content (AvgIpc) is 2.46. The highest BCUT2D eigenvalue weighted by Gasteiger charge is 2.28. The average molecular weight is 424 g/mol. The van der Waals surface area contributed by atoms with Crippen molar-refractivity contribution in [2.75, 3.05) is 32.7 Å². The summed E-state index contributed by atoms with van der Waals surface area (Å²) in [5.74, 6) is -0.830. The van der Waals surface area contributed by atoms with E-state index in [4.69, 9.17) is 5.11 Å². The molecule has 1 aliphatic heterocycles. The molecule has 1 aromatic carbocycles. The highest BCUT2D eigenvalue weighted by molar-refractivity contribution is 14.1. The van der Waals surface area contributed by atoms with Gasteiger partial charge >= 0.3 is 5.97 Å². The van der Waals surface area contributed by atoms with E-state index in [1.54, 1.807) is 24.3 Å². The first-order valence-corrected chi connectivity index (χ1v) is 9.11. The van der Waals surface area contributed by atoms with Crippen LogP contribution in [0.2, 0.25) is 0 Å². The van der Waals surface area contributed by atoms with Crippen LogP contribution in [-0.4, -0.2) is 61.4 Å². The van der Waals surface area contributed by atoms with Crippen molar-refractivity contribution in [1.82, 2.24) is 9.21 Å². The van der Waals surface area contributed by atoms with E-state index in [1.807, 2.05) is 4.90 Å². The fraction of sp³-hybridized carbons (Fsp3) is 0.462. The van der Waals surface area contributed by atoms with Gasteiger partial charge in [0.2, 0.25) is 10.0 Å². The van der Waals surface area contributed by atoms with Gasteiger partial charge in [0.1, 0.15) is 0 Å². The van der Waals surface area contributed by atoms with Crippen LogP contribution in [0.3, 0.4) is 0 Å². The Bertz CT molecular complexity index is 595. The van der Waals surface area contributed by atoms with E-state index in [0.717, 1.165) is 3.57 Å². The monoisotopic (exact) mass is 424 g/mol. The second kappa shape index (κ2) is 7.03. The van der Waals surface area contributed by atoms with E-state index in [2.05, 4.69) is 22.6 Å². The van der Waals surface area contributed by atoms with Gasteiger partial charge in [-0.25, -0.2) is 8.42 Å². The van der Waals surface area contributed by atoms with Crippen molar-refractivity contribution in [3.8, 4) is 0 Å². The van der Waals surface area contributed by atoms with Gasteiger partial charge < -0.3 is 10.0 Å². The Morgan fingerprint density at radius 3 is 2.24 bits per heavy atom. The van der Waals surface area contributed by atoms with Gasteiger partial charge in [0.25, 0.3) is 0 Å². The highest BCUT2D eigenvalue weighted by Crippen LogP contribution is 2.18. The third-order valence-electron chi connectivity index (χ3n) is 3.42. The van der Waals surface area contributed by atoms with Crippen molar-refractivity contribution < 1.29 is 18.3 Å². The number of carboxylic acid groups (broad SMARTS) is 1. The van der Waals surface area contributed by atoms with Crippen LogP contribution in [0.15, 0.2) is 29.2 Å². The summed E-state index contributed by atoms with van der Waals surface area (Å²) >= 11 is 2.13. The van der Waals surface area contributed by atoms with Gasteiger partial charge in [-0.3, -0.25) is 4.79 Å². The summed E-state index contributed by atoms with van der Waals surface area (Å²) in [6, 6.07) is 6.79. The molecule has 1 N–H and O–H groups in total. The Balaban J connectivity index is 1.97. The first-order valence-electron chi connectivity index (χ1n) is 6.59. The highest BCUT2D eigenvalue weighted by atomic mass is 127. The Morgan fingerprint density at radius 2 is 1.71 bits per heavy atom. The first kappa shape index (κ1) is 16.7. The molecule has 1 heterocycles. The van der Waals surface area contributed by atoms with Gasteiger partial charge in [-0.15, -0.1) is 0 Å². The van der Waals surface area contributed by atoms with Crippen LogP contribution in [0.25, 0.3) is 0 Å². The van der Waals surface area contributed by atoms with E-state index in [9.17, 15) is 13.2 Å². The van der Waals surface area contributed by atoms with Gasteiger partial charge in [-0.1, -0.05) is 0 Å². The summed E-state index contributed by atoms with van der Waals surface area (Å²) in [7, 11) is -3.45. The van der Waals surface area contributed by atoms with Crippen LogP contribution in [-0.2, 0) is 14.8 Å². The van der Waals surface area contributed by atoms with Crippen molar-refractivity contribution in [1.29, 1.82) is 0 Å². The predicted octanol–water partition coefficient (Wildman–Crippen LogP) is 1.07. The minimum atomic E-state index is -3.45. The molecule has 2 rings (SSSR count). The maximum Gasteiger partial charge on any atom is 0.304 e. The van der Waals surface area contributed by atoms with Crippen molar-refractivity contribution in [2.45, 2.75) is 11.3 Å². The molecule has 0 saturated carbocycles. The summed E-state index contributed by atoms with van der Waals surface area (Å²) in [6.45, 7) is 2.39. The minimum absolute atomic E-state index is 0.0872. The summed E-state index contributed by atoms with van der Waals surface area (Å²) in [5.41, 5.74) is 0. The van der Waals surface area contributed by atoms with Gasteiger partial charge in [0, 0.05) is 36.3 Å². The zero-order valence-electron chi connectivity index (χ0n) is 11.4. The summed E-state index contributed by atoms with van der Waals surface area (Å²) in [6.07, 6.45) is 0.0872. The van der Waals surface area contributed by atoms with Crippen molar-refractivity contribution in [2.24, 2.45) is 0 Å². The van der Waals surface area contributed by atoms with E-state index in [0.29, 0.717) is 37.6 Å². The predicted molar refractivity (Wildman–Crippen MR) is 86.6 cm³/mol. The van der Waals surface area contributed by atoms with Gasteiger partial charge in [0.15, 0.2) is 0 Å². The molecule has 0 atom stereocenters. The maximum atomic E-state index is 12.5. The number of aliphatic carboxylic acids is 1. The van der Waals surface area contributed by atoms with Crippen molar-refractivity contribution in [3.05, 3.63) is 27.8 Å². The molecule has 1 aromatic rings. The second-order valence-electron chi connectivity index (χ2n) is 4.84. The number of hydrogen-bond donors (Lipinski definition) is 1. The van der Waals surface area contributed by atoms with Crippen LogP contribution >= 0.6 is 22.6 Å². The Kier molecular flexibility index (Phi) is 5.58. The van der Waals surface area contributed by atoms with Gasteiger partial charge in [0.05, 0.1) is 11.3 Å².